The number of hydrogen-bond donors (Lipinski definition) is 2. The number of esters is 2. The maximum absolute atomic E-state index is 12.8. The largest absolute Gasteiger partial charge is 0.454 e. The van der Waals surface area contributed by atoms with Crippen molar-refractivity contribution in [3.05, 3.63) is 23.3 Å². The molecule has 0 fully saturated rings. The Labute approximate surface area is 170 Å². The molecule has 0 bridgehead atoms. The molecule has 0 aromatic carbocycles. The number of aliphatic hydroxyl groups excluding tert-OH is 1. The maximum Gasteiger partial charge on any atom is 0.340 e. The molecule has 0 spiro atoms. The van der Waals surface area contributed by atoms with Crippen LogP contribution in [0.5, 0.6) is 0 Å². The summed E-state index contributed by atoms with van der Waals surface area (Å²) in [6, 6.07) is 0. The van der Waals surface area contributed by atoms with Gasteiger partial charge in [0.1, 0.15) is 6.10 Å². The Balaban J connectivity index is 3.30. The first-order valence-corrected chi connectivity index (χ1v) is 9.59. The average Bonchev–Trinajstić information content (AvgIpc) is 2.62. The lowest BCUT2D eigenvalue weighted by Gasteiger charge is -2.38. The number of allylic oxidation sites excluding steroid dienone is 1. The fraction of sp³-hybridized carbons (Fsp3) is 0.650. The van der Waals surface area contributed by atoms with Gasteiger partial charge in [0.15, 0.2) is 11.7 Å². The summed E-state index contributed by atoms with van der Waals surface area (Å²) in [6.07, 6.45) is 0.762. The van der Waals surface area contributed by atoms with Gasteiger partial charge in [-0.15, -0.1) is 11.6 Å². The molecule has 0 aliphatic heterocycles. The van der Waals surface area contributed by atoms with Gasteiger partial charge in [-0.2, -0.15) is 0 Å². The molecule has 0 aromatic rings. The predicted molar refractivity (Wildman–Crippen MR) is 104 cm³/mol. The molecule has 0 radical (unpaired) electrons. The number of Topliss-reactive ketones (excluding diaryl/α,β-unsaturated/α-hetero) is 1. The van der Waals surface area contributed by atoms with Crippen molar-refractivity contribution in [1.29, 1.82) is 0 Å². The molecular formula is C20H29ClO7. The maximum atomic E-state index is 12.8. The van der Waals surface area contributed by atoms with Crippen LogP contribution < -0.4 is 0 Å². The highest BCUT2D eigenvalue weighted by molar-refractivity contribution is 6.22. The van der Waals surface area contributed by atoms with Gasteiger partial charge in [-0.3, -0.25) is 4.79 Å². The standard InChI is InChI=1S/C20H29ClO7/c1-7-11(4)18(24)27-14-8-13(9-22)16(23)17(15(14)10(2)3)28-19(25)20(6,26)12(5)21/h7-8,10,12,14-15,17,22,26H,9H2,1-6H3/b11-7-. The molecule has 1 aliphatic rings. The van der Waals surface area contributed by atoms with E-state index in [1.165, 1.54) is 19.9 Å². The molecule has 0 amide bonds. The third-order valence-corrected chi connectivity index (χ3v) is 5.45. The van der Waals surface area contributed by atoms with Crippen LogP contribution in [-0.2, 0) is 23.9 Å². The number of carbonyl (C=O) groups is 3. The summed E-state index contributed by atoms with van der Waals surface area (Å²) in [4.78, 5) is 37.4. The Hall–Kier alpha value is -1.70. The minimum Gasteiger partial charge on any atom is -0.454 e. The quantitative estimate of drug-likeness (QED) is 0.370. The van der Waals surface area contributed by atoms with E-state index in [4.69, 9.17) is 21.1 Å². The number of ketones is 1. The van der Waals surface area contributed by atoms with Crippen molar-refractivity contribution in [1.82, 2.24) is 0 Å². The summed E-state index contributed by atoms with van der Waals surface area (Å²) in [7, 11) is 0. The zero-order valence-corrected chi connectivity index (χ0v) is 17.8. The normalized spacial score (nSPS) is 26.4. The van der Waals surface area contributed by atoms with Gasteiger partial charge < -0.3 is 19.7 Å². The van der Waals surface area contributed by atoms with Crippen LogP contribution in [-0.4, -0.2) is 57.7 Å². The van der Waals surface area contributed by atoms with Crippen molar-refractivity contribution >= 4 is 29.3 Å². The van der Waals surface area contributed by atoms with E-state index in [9.17, 15) is 24.6 Å². The molecule has 7 nitrogen and oxygen atoms in total. The van der Waals surface area contributed by atoms with E-state index >= 15 is 0 Å². The molecule has 8 heteroatoms. The molecule has 0 aromatic heterocycles. The number of aliphatic hydroxyl groups is 2. The number of halogens is 1. The first kappa shape index (κ1) is 24.3. The Morgan fingerprint density at radius 2 is 1.89 bits per heavy atom. The third-order valence-electron chi connectivity index (χ3n) is 5.03. The molecular weight excluding hydrogens is 388 g/mol. The van der Waals surface area contributed by atoms with Gasteiger partial charge in [-0.05, 0) is 39.7 Å². The average molecular weight is 417 g/mol. The lowest BCUT2D eigenvalue weighted by molar-refractivity contribution is -0.180. The van der Waals surface area contributed by atoms with E-state index in [0.717, 1.165) is 0 Å². The van der Waals surface area contributed by atoms with Crippen LogP contribution in [0.3, 0.4) is 0 Å². The van der Waals surface area contributed by atoms with E-state index in [2.05, 4.69) is 0 Å². The smallest absolute Gasteiger partial charge is 0.340 e. The molecule has 158 valence electrons. The first-order valence-electron chi connectivity index (χ1n) is 9.15. The highest BCUT2D eigenvalue weighted by atomic mass is 35.5. The molecule has 0 saturated carbocycles. The van der Waals surface area contributed by atoms with Gasteiger partial charge in [0.05, 0.1) is 12.0 Å². The molecule has 5 unspecified atom stereocenters. The van der Waals surface area contributed by atoms with E-state index in [1.807, 2.05) is 0 Å². The van der Waals surface area contributed by atoms with Crippen molar-refractivity contribution in [2.45, 2.75) is 64.7 Å². The second-order valence-electron chi connectivity index (χ2n) is 7.47. The van der Waals surface area contributed by atoms with Crippen LogP contribution in [0.15, 0.2) is 23.3 Å². The van der Waals surface area contributed by atoms with Crippen molar-refractivity contribution < 1.29 is 34.1 Å². The van der Waals surface area contributed by atoms with Crippen LogP contribution in [0.1, 0.15) is 41.5 Å². The second kappa shape index (κ2) is 9.67. The minimum atomic E-state index is -2.02. The van der Waals surface area contributed by atoms with Gasteiger partial charge in [0.25, 0.3) is 0 Å². The van der Waals surface area contributed by atoms with Gasteiger partial charge in [0.2, 0.25) is 5.78 Å². The molecule has 1 aliphatic carbocycles. The molecule has 0 heterocycles. The molecule has 1 rings (SSSR count). The number of alkyl halides is 1. The Morgan fingerprint density at radius 1 is 1.32 bits per heavy atom. The number of carbonyl (C=O) groups excluding carboxylic acids is 3. The van der Waals surface area contributed by atoms with Crippen LogP contribution in [0.25, 0.3) is 0 Å². The van der Waals surface area contributed by atoms with Gasteiger partial charge in [-0.1, -0.05) is 19.9 Å². The van der Waals surface area contributed by atoms with Crippen molar-refractivity contribution in [2.75, 3.05) is 6.61 Å². The summed E-state index contributed by atoms with van der Waals surface area (Å²) in [5.74, 6) is -3.15. The van der Waals surface area contributed by atoms with Crippen LogP contribution >= 0.6 is 11.6 Å². The summed E-state index contributed by atoms with van der Waals surface area (Å²) < 4.78 is 10.9. The van der Waals surface area contributed by atoms with Crippen LogP contribution in [0.2, 0.25) is 0 Å². The molecule has 2 N–H and O–H groups in total. The monoisotopic (exact) mass is 416 g/mol. The van der Waals surface area contributed by atoms with Crippen molar-refractivity contribution in [3.63, 3.8) is 0 Å². The number of rotatable bonds is 7. The molecule has 5 atom stereocenters. The number of ether oxygens (including phenoxy) is 2. The molecule has 0 saturated heterocycles. The predicted octanol–water partition coefficient (Wildman–Crippen LogP) is 1.93. The van der Waals surface area contributed by atoms with Gasteiger partial charge in [0, 0.05) is 17.1 Å². The van der Waals surface area contributed by atoms with Gasteiger partial charge >= 0.3 is 11.9 Å². The fourth-order valence-electron chi connectivity index (χ4n) is 2.76. The van der Waals surface area contributed by atoms with E-state index < -0.39 is 53.4 Å². The van der Waals surface area contributed by atoms with Crippen LogP contribution in [0, 0.1) is 11.8 Å². The number of hydrogen-bond acceptors (Lipinski definition) is 7. The summed E-state index contributed by atoms with van der Waals surface area (Å²) >= 11 is 5.86. The summed E-state index contributed by atoms with van der Waals surface area (Å²) in [5.41, 5.74) is -1.66. The lowest BCUT2D eigenvalue weighted by atomic mass is 9.77. The second-order valence-corrected chi connectivity index (χ2v) is 8.12. The first-order chi connectivity index (χ1) is 12.9. The van der Waals surface area contributed by atoms with E-state index in [0.29, 0.717) is 5.57 Å². The minimum absolute atomic E-state index is 0.0239. The highest BCUT2D eigenvalue weighted by Crippen LogP contribution is 2.34. The third kappa shape index (κ3) is 5.21. The van der Waals surface area contributed by atoms with E-state index in [-0.39, 0.29) is 11.5 Å². The zero-order chi connectivity index (χ0) is 21.8. The summed E-state index contributed by atoms with van der Waals surface area (Å²) in [6.45, 7) is 8.89. The Kier molecular flexibility index (Phi) is 8.41. The van der Waals surface area contributed by atoms with Crippen molar-refractivity contribution in [3.8, 4) is 0 Å². The fourth-order valence-corrected chi connectivity index (χ4v) is 2.85. The lowest BCUT2D eigenvalue weighted by Crippen LogP contribution is -2.53. The van der Waals surface area contributed by atoms with Gasteiger partial charge in [-0.25, -0.2) is 9.59 Å². The Morgan fingerprint density at radius 3 is 2.32 bits per heavy atom. The molecule has 28 heavy (non-hydrogen) atoms. The zero-order valence-electron chi connectivity index (χ0n) is 17.1. The SMILES string of the molecule is C/C=C(/C)C(=O)OC1C=C(CO)C(=O)C(OC(=O)C(C)(O)C(C)Cl)C1C(C)C. The van der Waals surface area contributed by atoms with E-state index in [1.54, 1.807) is 33.8 Å². The summed E-state index contributed by atoms with van der Waals surface area (Å²) in [5, 5.41) is 18.8. The van der Waals surface area contributed by atoms with Crippen molar-refractivity contribution in [2.24, 2.45) is 11.8 Å². The highest BCUT2D eigenvalue weighted by Gasteiger charge is 2.48. The topological polar surface area (TPSA) is 110 Å². The van der Waals surface area contributed by atoms with Crippen LogP contribution in [0.4, 0.5) is 0 Å². The Bertz CT molecular complexity index is 676.